The van der Waals surface area contributed by atoms with Gasteiger partial charge in [0.1, 0.15) is 16.3 Å². The van der Waals surface area contributed by atoms with E-state index in [1.807, 2.05) is 78.6 Å². The lowest BCUT2D eigenvalue weighted by Gasteiger charge is -2.09. The molecule has 0 atom stereocenters. The summed E-state index contributed by atoms with van der Waals surface area (Å²) >= 11 is 1.32. The summed E-state index contributed by atoms with van der Waals surface area (Å²) in [5, 5.41) is 6.34. The van der Waals surface area contributed by atoms with E-state index < -0.39 is 5.97 Å². The first-order chi connectivity index (χ1) is 16.0. The highest BCUT2D eigenvalue weighted by Crippen LogP contribution is 2.37. The minimum absolute atomic E-state index is 0.183. The van der Waals surface area contributed by atoms with Crippen molar-refractivity contribution in [3.05, 3.63) is 71.2 Å². The number of para-hydroxylation sites is 1. The second kappa shape index (κ2) is 9.92. The average molecular weight is 463 g/mol. The number of nitrogens with one attached hydrogen (secondary N) is 1. The van der Waals surface area contributed by atoms with Crippen LogP contribution in [0.15, 0.2) is 60.1 Å². The van der Waals surface area contributed by atoms with E-state index >= 15 is 0 Å². The maximum absolute atomic E-state index is 12.9. The number of carbonyl (C=O) groups is 2. The zero-order valence-electron chi connectivity index (χ0n) is 18.9. The first-order valence-corrected chi connectivity index (χ1v) is 11.7. The molecule has 0 saturated carbocycles. The van der Waals surface area contributed by atoms with Crippen molar-refractivity contribution in [3.8, 4) is 16.9 Å². The summed E-state index contributed by atoms with van der Waals surface area (Å²) < 4.78 is 12.8. The van der Waals surface area contributed by atoms with Gasteiger partial charge in [0.05, 0.1) is 19.6 Å². The van der Waals surface area contributed by atoms with Gasteiger partial charge in [0.25, 0.3) is 0 Å². The number of esters is 1. The zero-order chi connectivity index (χ0) is 23.4. The van der Waals surface area contributed by atoms with Gasteiger partial charge in [-0.2, -0.15) is 0 Å². The number of hydrogen-bond donors (Lipinski definition) is 1. The van der Waals surface area contributed by atoms with Gasteiger partial charge in [0.15, 0.2) is 0 Å². The molecule has 2 aromatic carbocycles. The molecule has 0 aliphatic carbocycles. The van der Waals surface area contributed by atoms with Crippen molar-refractivity contribution in [2.45, 2.75) is 20.3 Å². The van der Waals surface area contributed by atoms with Crippen molar-refractivity contribution in [3.63, 3.8) is 0 Å². The first-order valence-electron chi connectivity index (χ1n) is 10.9. The fourth-order valence-electron chi connectivity index (χ4n) is 3.88. The van der Waals surface area contributed by atoms with Gasteiger partial charge >= 0.3 is 5.97 Å². The van der Waals surface area contributed by atoms with Crippen LogP contribution in [-0.4, -0.2) is 29.7 Å². The van der Waals surface area contributed by atoms with Crippen LogP contribution in [0.1, 0.15) is 29.8 Å². The Hall–Kier alpha value is -3.58. The predicted octanol–water partition coefficient (Wildman–Crippen LogP) is 5.66. The number of thiophene rings is 1. The predicted molar refractivity (Wildman–Crippen MR) is 132 cm³/mol. The first kappa shape index (κ1) is 22.6. The normalized spacial score (nSPS) is 10.9. The molecule has 0 spiro atoms. The Morgan fingerprint density at radius 1 is 1.03 bits per heavy atom. The number of rotatable bonds is 8. The largest absolute Gasteiger partial charge is 0.494 e. The summed E-state index contributed by atoms with van der Waals surface area (Å²) in [6, 6.07) is 15.5. The Bertz CT molecular complexity index is 1290. The molecule has 0 fully saturated rings. The van der Waals surface area contributed by atoms with Gasteiger partial charge in [-0.15, -0.1) is 11.3 Å². The topological polar surface area (TPSA) is 69.6 Å². The number of carbonyl (C=O) groups excluding carboxylic acids is 2. The van der Waals surface area contributed by atoms with Crippen LogP contribution in [0.4, 0.5) is 5.00 Å². The molecule has 2 aromatic heterocycles. The van der Waals surface area contributed by atoms with Gasteiger partial charge in [-0.1, -0.05) is 30.3 Å². The van der Waals surface area contributed by atoms with Gasteiger partial charge in [0.2, 0.25) is 5.91 Å². The Balaban J connectivity index is 1.61. The number of ether oxygens (including phenoxy) is 2. The Morgan fingerprint density at radius 3 is 2.52 bits per heavy atom. The molecule has 0 unspecified atom stereocenters. The van der Waals surface area contributed by atoms with E-state index in [1.54, 1.807) is 6.92 Å². The molecule has 1 amide bonds. The number of hydrogen-bond acceptors (Lipinski definition) is 5. The lowest BCUT2D eigenvalue weighted by atomic mass is 10.0. The molecule has 6 nitrogen and oxygen atoms in total. The molecule has 1 N–H and O–H groups in total. The molecule has 33 heavy (non-hydrogen) atoms. The number of benzene rings is 2. The molecule has 170 valence electrons. The standard InChI is InChI=1S/C26H26N2O4S/c1-4-31-19-12-10-17(11-13-19)21-16-33-25(24(21)26(30)32-5-2)27-23(29)14-18-15-28(3)22-9-7-6-8-20(18)22/h6-13,15-16H,4-5,14H2,1-3H3,(H,27,29). The van der Waals surface area contributed by atoms with E-state index in [2.05, 4.69) is 5.32 Å². The highest BCUT2D eigenvalue weighted by atomic mass is 32.1. The lowest BCUT2D eigenvalue weighted by molar-refractivity contribution is -0.115. The summed E-state index contributed by atoms with van der Waals surface area (Å²) in [6.45, 7) is 4.53. The summed E-state index contributed by atoms with van der Waals surface area (Å²) in [4.78, 5) is 25.8. The average Bonchev–Trinajstić information content (AvgIpc) is 3.36. The minimum Gasteiger partial charge on any atom is -0.494 e. The van der Waals surface area contributed by atoms with Crippen molar-refractivity contribution in [1.29, 1.82) is 0 Å². The van der Waals surface area contributed by atoms with Crippen LogP contribution in [0.5, 0.6) is 5.75 Å². The van der Waals surface area contributed by atoms with Crippen LogP contribution in [-0.2, 0) is 23.0 Å². The molecule has 7 heteroatoms. The number of aromatic nitrogens is 1. The van der Waals surface area contributed by atoms with Crippen molar-refractivity contribution >= 4 is 39.1 Å². The Morgan fingerprint density at radius 2 is 1.79 bits per heavy atom. The van der Waals surface area contributed by atoms with Gasteiger partial charge in [-0.05, 0) is 43.2 Å². The lowest BCUT2D eigenvalue weighted by Crippen LogP contribution is -2.16. The van der Waals surface area contributed by atoms with E-state index in [-0.39, 0.29) is 18.9 Å². The van der Waals surface area contributed by atoms with Crippen LogP contribution in [0.3, 0.4) is 0 Å². The second-order valence-corrected chi connectivity index (χ2v) is 8.42. The smallest absolute Gasteiger partial charge is 0.341 e. The van der Waals surface area contributed by atoms with Crippen molar-refractivity contribution in [1.82, 2.24) is 4.57 Å². The molecule has 0 saturated heterocycles. The van der Waals surface area contributed by atoms with Crippen LogP contribution < -0.4 is 10.1 Å². The van der Waals surface area contributed by atoms with Crippen LogP contribution in [0.25, 0.3) is 22.0 Å². The SMILES string of the molecule is CCOC(=O)c1c(-c2ccc(OCC)cc2)csc1NC(=O)Cc1cn(C)c2ccccc12. The quantitative estimate of drug-likeness (QED) is 0.343. The van der Waals surface area contributed by atoms with E-state index in [9.17, 15) is 9.59 Å². The highest BCUT2D eigenvalue weighted by Gasteiger charge is 2.23. The highest BCUT2D eigenvalue weighted by molar-refractivity contribution is 7.15. The second-order valence-electron chi connectivity index (χ2n) is 7.54. The fraction of sp³-hybridized carbons (Fsp3) is 0.231. The van der Waals surface area contributed by atoms with Crippen LogP contribution >= 0.6 is 11.3 Å². The number of aryl methyl sites for hydroxylation is 1. The molecule has 0 aliphatic heterocycles. The van der Waals surface area contributed by atoms with Crippen molar-refractivity contribution in [2.24, 2.45) is 7.05 Å². The van der Waals surface area contributed by atoms with Crippen molar-refractivity contribution in [2.75, 3.05) is 18.5 Å². The summed E-state index contributed by atoms with van der Waals surface area (Å²) in [5.41, 5.74) is 3.96. The third-order valence-corrected chi connectivity index (χ3v) is 6.23. The number of fused-ring (bicyclic) bond motifs is 1. The molecule has 0 radical (unpaired) electrons. The molecular weight excluding hydrogens is 436 g/mol. The fourth-order valence-corrected chi connectivity index (χ4v) is 4.85. The van der Waals surface area contributed by atoms with Gasteiger partial charge in [-0.25, -0.2) is 4.79 Å². The molecule has 4 rings (SSSR count). The van der Waals surface area contributed by atoms with Crippen molar-refractivity contribution < 1.29 is 19.1 Å². The minimum atomic E-state index is -0.455. The van der Waals surface area contributed by atoms with Crippen LogP contribution in [0.2, 0.25) is 0 Å². The van der Waals surface area contributed by atoms with E-state index in [1.165, 1.54) is 11.3 Å². The summed E-state index contributed by atoms with van der Waals surface area (Å²) in [6.07, 6.45) is 2.18. The molecule has 2 heterocycles. The molecule has 4 aromatic rings. The molecular formula is C26H26N2O4S. The monoisotopic (exact) mass is 462 g/mol. The maximum Gasteiger partial charge on any atom is 0.341 e. The third kappa shape index (κ3) is 4.78. The third-order valence-electron chi connectivity index (χ3n) is 5.33. The summed E-state index contributed by atoms with van der Waals surface area (Å²) in [5.74, 6) is 0.123. The maximum atomic E-state index is 12.9. The summed E-state index contributed by atoms with van der Waals surface area (Å²) in [7, 11) is 1.96. The zero-order valence-corrected chi connectivity index (χ0v) is 19.7. The molecule has 0 aliphatic rings. The Labute approximate surface area is 196 Å². The molecule has 0 bridgehead atoms. The number of nitrogens with zero attached hydrogens (tertiary/aromatic N) is 1. The Kier molecular flexibility index (Phi) is 6.79. The number of anilines is 1. The van der Waals surface area contributed by atoms with Gasteiger partial charge in [-0.3, -0.25) is 4.79 Å². The van der Waals surface area contributed by atoms with E-state index in [4.69, 9.17) is 9.47 Å². The van der Waals surface area contributed by atoms with Gasteiger partial charge in [0, 0.05) is 35.1 Å². The number of amides is 1. The van der Waals surface area contributed by atoms with Gasteiger partial charge < -0.3 is 19.4 Å². The van der Waals surface area contributed by atoms with Crippen LogP contribution in [0, 0.1) is 0 Å². The van der Waals surface area contributed by atoms with E-state index in [0.717, 1.165) is 33.3 Å². The van der Waals surface area contributed by atoms with E-state index in [0.29, 0.717) is 17.2 Å².